The van der Waals surface area contributed by atoms with Crippen molar-refractivity contribution in [3.05, 3.63) is 53.6 Å². The minimum absolute atomic E-state index is 0.128. The van der Waals surface area contributed by atoms with Gasteiger partial charge in [-0.15, -0.1) is 0 Å². The topological polar surface area (TPSA) is 66.5 Å². The lowest BCUT2D eigenvalue weighted by molar-refractivity contribution is -0.115. The van der Waals surface area contributed by atoms with Gasteiger partial charge >= 0.3 is 0 Å². The fourth-order valence-electron chi connectivity index (χ4n) is 3.21. The highest BCUT2D eigenvalue weighted by Gasteiger charge is 2.19. The first-order valence-electron chi connectivity index (χ1n) is 9.59. The first kappa shape index (κ1) is 22.0. The van der Waals surface area contributed by atoms with Crippen molar-refractivity contribution in [2.75, 3.05) is 23.0 Å². The average molecular weight is 403 g/mol. The molecule has 1 amide bonds. The molecule has 0 aliphatic rings. The highest BCUT2D eigenvalue weighted by atomic mass is 32.2. The lowest BCUT2D eigenvalue weighted by atomic mass is 10.1. The van der Waals surface area contributed by atoms with Gasteiger partial charge in [0.1, 0.15) is 0 Å². The van der Waals surface area contributed by atoms with Crippen molar-refractivity contribution >= 4 is 27.1 Å². The molecular weight excluding hydrogens is 372 g/mol. The highest BCUT2D eigenvalue weighted by molar-refractivity contribution is 7.90. The molecular formula is C22H30N2O3S. The molecule has 0 unspecified atom stereocenters. The van der Waals surface area contributed by atoms with Crippen LogP contribution in [-0.4, -0.2) is 33.2 Å². The predicted molar refractivity (Wildman–Crippen MR) is 116 cm³/mol. The lowest BCUT2D eigenvalue weighted by Gasteiger charge is -2.32. The number of nitrogens with one attached hydrogen (secondary N) is 1. The quantitative estimate of drug-likeness (QED) is 0.713. The molecule has 0 fully saturated rings. The molecule has 0 radical (unpaired) electrons. The monoisotopic (exact) mass is 402 g/mol. The standard InChI is InChI=1S/C22H30N2O3S/c1-6-19(7-2)24(20-11-8-16(3)17(4)14-20)15-22(25)23-18-9-12-21(13-10-18)28(5,26)27/h8-14,19H,6-7,15H2,1-5H3,(H,23,25). The van der Waals surface area contributed by atoms with Crippen LogP contribution in [0.5, 0.6) is 0 Å². The zero-order valence-electron chi connectivity index (χ0n) is 17.3. The van der Waals surface area contributed by atoms with Crippen molar-refractivity contribution in [1.82, 2.24) is 0 Å². The molecule has 2 aromatic carbocycles. The van der Waals surface area contributed by atoms with E-state index in [-0.39, 0.29) is 23.4 Å². The number of hydrogen-bond donors (Lipinski definition) is 1. The molecule has 1 N–H and O–H groups in total. The number of anilines is 2. The fourth-order valence-corrected chi connectivity index (χ4v) is 3.84. The Balaban J connectivity index is 2.19. The summed E-state index contributed by atoms with van der Waals surface area (Å²) in [7, 11) is -3.25. The van der Waals surface area contributed by atoms with Crippen molar-refractivity contribution in [2.24, 2.45) is 0 Å². The van der Waals surface area contributed by atoms with Gasteiger partial charge in [-0.2, -0.15) is 0 Å². The smallest absolute Gasteiger partial charge is 0.243 e. The summed E-state index contributed by atoms with van der Waals surface area (Å²) in [6.07, 6.45) is 3.05. The Morgan fingerprint density at radius 2 is 1.61 bits per heavy atom. The van der Waals surface area contributed by atoms with Crippen molar-refractivity contribution < 1.29 is 13.2 Å². The molecule has 0 atom stereocenters. The Morgan fingerprint density at radius 3 is 2.11 bits per heavy atom. The Bertz CT molecular complexity index is 917. The van der Waals surface area contributed by atoms with Crippen LogP contribution in [0.4, 0.5) is 11.4 Å². The van der Waals surface area contributed by atoms with Crippen LogP contribution < -0.4 is 10.2 Å². The van der Waals surface area contributed by atoms with Crippen molar-refractivity contribution in [3.63, 3.8) is 0 Å². The Morgan fingerprint density at radius 1 is 1.00 bits per heavy atom. The maximum atomic E-state index is 12.7. The summed E-state index contributed by atoms with van der Waals surface area (Å²) in [6.45, 7) is 8.65. The number of nitrogens with zero attached hydrogens (tertiary/aromatic N) is 1. The van der Waals surface area contributed by atoms with E-state index in [1.165, 1.54) is 23.3 Å². The molecule has 152 valence electrons. The first-order valence-corrected chi connectivity index (χ1v) is 11.5. The van der Waals surface area contributed by atoms with Crippen molar-refractivity contribution in [3.8, 4) is 0 Å². The molecule has 0 aliphatic heterocycles. The van der Waals surface area contributed by atoms with Gasteiger partial charge < -0.3 is 10.2 Å². The van der Waals surface area contributed by atoms with Gasteiger partial charge in [0.15, 0.2) is 9.84 Å². The summed E-state index contributed by atoms with van der Waals surface area (Å²) in [4.78, 5) is 15.1. The van der Waals surface area contributed by atoms with E-state index in [0.717, 1.165) is 24.8 Å². The van der Waals surface area contributed by atoms with Gasteiger partial charge in [0, 0.05) is 23.7 Å². The van der Waals surface area contributed by atoms with E-state index in [0.29, 0.717) is 5.69 Å². The second-order valence-electron chi connectivity index (χ2n) is 7.21. The van der Waals surface area contributed by atoms with Crippen LogP contribution in [0.15, 0.2) is 47.4 Å². The van der Waals surface area contributed by atoms with Gasteiger partial charge in [-0.05, 0) is 74.2 Å². The molecule has 0 bridgehead atoms. The molecule has 2 aromatic rings. The van der Waals surface area contributed by atoms with E-state index < -0.39 is 9.84 Å². The zero-order valence-corrected chi connectivity index (χ0v) is 18.1. The molecule has 28 heavy (non-hydrogen) atoms. The van der Waals surface area contributed by atoms with Gasteiger partial charge in [0.2, 0.25) is 5.91 Å². The first-order chi connectivity index (χ1) is 13.2. The zero-order chi connectivity index (χ0) is 20.9. The molecule has 0 heterocycles. The van der Waals surface area contributed by atoms with E-state index in [9.17, 15) is 13.2 Å². The van der Waals surface area contributed by atoms with Gasteiger partial charge in [-0.25, -0.2) is 8.42 Å². The second-order valence-corrected chi connectivity index (χ2v) is 9.23. The molecule has 0 aromatic heterocycles. The van der Waals surface area contributed by atoms with Gasteiger partial charge in [0.25, 0.3) is 0 Å². The van der Waals surface area contributed by atoms with E-state index in [1.54, 1.807) is 12.1 Å². The van der Waals surface area contributed by atoms with Crippen molar-refractivity contribution in [1.29, 1.82) is 0 Å². The fraction of sp³-hybridized carbons (Fsp3) is 0.409. The highest BCUT2D eigenvalue weighted by Crippen LogP contribution is 2.23. The van der Waals surface area contributed by atoms with E-state index >= 15 is 0 Å². The Labute approximate surface area is 168 Å². The number of aryl methyl sites for hydroxylation is 2. The summed E-state index contributed by atoms with van der Waals surface area (Å²) in [5.41, 5.74) is 4.05. The number of amides is 1. The minimum Gasteiger partial charge on any atom is -0.359 e. The van der Waals surface area contributed by atoms with Crippen LogP contribution >= 0.6 is 0 Å². The molecule has 0 spiro atoms. The molecule has 2 rings (SSSR count). The average Bonchev–Trinajstić information content (AvgIpc) is 2.64. The molecule has 5 nitrogen and oxygen atoms in total. The number of rotatable bonds is 8. The summed E-state index contributed by atoms with van der Waals surface area (Å²) < 4.78 is 23.1. The third kappa shape index (κ3) is 5.58. The van der Waals surface area contributed by atoms with Crippen LogP contribution in [0.3, 0.4) is 0 Å². The summed E-state index contributed by atoms with van der Waals surface area (Å²) >= 11 is 0. The summed E-state index contributed by atoms with van der Waals surface area (Å²) in [6, 6.07) is 12.8. The maximum absolute atomic E-state index is 12.7. The maximum Gasteiger partial charge on any atom is 0.243 e. The third-order valence-electron chi connectivity index (χ3n) is 5.09. The molecule has 0 saturated carbocycles. The van der Waals surface area contributed by atoms with E-state index in [1.807, 2.05) is 0 Å². The lowest BCUT2D eigenvalue weighted by Crippen LogP contribution is -2.40. The second kappa shape index (κ2) is 9.24. The van der Waals surface area contributed by atoms with Gasteiger partial charge in [-0.1, -0.05) is 19.9 Å². The Kier molecular flexibility index (Phi) is 7.24. The molecule has 0 aliphatic carbocycles. The van der Waals surface area contributed by atoms with Crippen molar-refractivity contribution in [2.45, 2.75) is 51.5 Å². The number of hydrogen-bond acceptors (Lipinski definition) is 4. The number of benzene rings is 2. The minimum atomic E-state index is -3.25. The molecule has 0 saturated heterocycles. The Hall–Kier alpha value is -2.34. The van der Waals surface area contributed by atoms with Gasteiger partial charge in [-0.3, -0.25) is 4.79 Å². The SMILES string of the molecule is CCC(CC)N(CC(=O)Nc1ccc(S(C)(=O)=O)cc1)c1ccc(C)c(C)c1. The number of sulfone groups is 1. The predicted octanol–water partition coefficient (Wildman–Crippen LogP) is 4.34. The number of carbonyl (C=O) groups is 1. The summed E-state index contributed by atoms with van der Waals surface area (Å²) in [5.74, 6) is -0.128. The third-order valence-corrected chi connectivity index (χ3v) is 6.21. The largest absolute Gasteiger partial charge is 0.359 e. The van der Waals surface area contributed by atoms with Crippen LogP contribution in [0, 0.1) is 13.8 Å². The van der Waals surface area contributed by atoms with E-state index in [4.69, 9.17) is 0 Å². The van der Waals surface area contributed by atoms with Crippen LogP contribution in [-0.2, 0) is 14.6 Å². The van der Waals surface area contributed by atoms with Crippen LogP contribution in [0.2, 0.25) is 0 Å². The van der Waals surface area contributed by atoms with Crippen LogP contribution in [0.25, 0.3) is 0 Å². The summed E-state index contributed by atoms with van der Waals surface area (Å²) in [5, 5.41) is 2.87. The number of carbonyl (C=O) groups excluding carboxylic acids is 1. The van der Waals surface area contributed by atoms with E-state index in [2.05, 4.69) is 56.1 Å². The van der Waals surface area contributed by atoms with Gasteiger partial charge in [0.05, 0.1) is 11.4 Å². The molecule has 6 heteroatoms. The van der Waals surface area contributed by atoms with Crippen LogP contribution in [0.1, 0.15) is 37.8 Å². The normalized spacial score (nSPS) is 11.5.